The maximum atomic E-state index is 13.3. The summed E-state index contributed by atoms with van der Waals surface area (Å²) >= 11 is 11.3. The molecule has 1 aromatic rings. The summed E-state index contributed by atoms with van der Waals surface area (Å²) in [5.41, 5.74) is 0.234. The second-order valence-electron chi connectivity index (χ2n) is 4.42. The number of carboxylic acid groups (broad SMARTS) is 1. The van der Waals surface area contributed by atoms with Crippen LogP contribution in [0.1, 0.15) is 20.3 Å². The summed E-state index contributed by atoms with van der Waals surface area (Å²) in [6.07, 6.45) is -0.174. The van der Waals surface area contributed by atoms with E-state index in [0.717, 1.165) is 0 Å². The Morgan fingerprint density at radius 2 is 1.90 bits per heavy atom. The Morgan fingerprint density at radius 3 is 2.33 bits per heavy atom. The van der Waals surface area contributed by atoms with E-state index in [1.165, 1.54) is 17.0 Å². The van der Waals surface area contributed by atoms with E-state index >= 15 is 0 Å². The first kappa shape index (κ1) is 17.5. The van der Waals surface area contributed by atoms with Gasteiger partial charge in [0.05, 0.1) is 16.5 Å². The molecule has 0 saturated carbocycles. The van der Waals surface area contributed by atoms with Crippen molar-refractivity contribution in [2.75, 3.05) is 11.9 Å². The fraction of sp³-hybridized carbons (Fsp3) is 0.385. The van der Waals surface area contributed by atoms with Crippen molar-refractivity contribution in [3.05, 3.63) is 28.0 Å². The lowest BCUT2D eigenvalue weighted by molar-refractivity contribution is -0.137. The zero-order valence-corrected chi connectivity index (χ0v) is 13.0. The topological polar surface area (TPSA) is 69.6 Å². The normalized spacial score (nSPS) is 11.9. The summed E-state index contributed by atoms with van der Waals surface area (Å²) in [6, 6.07) is 1.47. The monoisotopic (exact) mass is 336 g/mol. The predicted octanol–water partition coefficient (Wildman–Crippen LogP) is 3.85. The zero-order chi connectivity index (χ0) is 16.2. The third kappa shape index (κ3) is 4.75. The van der Waals surface area contributed by atoms with Crippen molar-refractivity contribution < 1.29 is 19.1 Å². The molecule has 1 rings (SSSR count). The summed E-state index contributed by atoms with van der Waals surface area (Å²) < 4.78 is 13.3. The van der Waals surface area contributed by atoms with Gasteiger partial charge in [0.1, 0.15) is 0 Å². The van der Waals surface area contributed by atoms with Gasteiger partial charge in [0.2, 0.25) is 0 Å². The molecule has 8 heteroatoms. The van der Waals surface area contributed by atoms with Crippen LogP contribution in [0.4, 0.5) is 14.9 Å². The molecule has 0 aliphatic rings. The van der Waals surface area contributed by atoms with Crippen LogP contribution in [0.5, 0.6) is 0 Å². The van der Waals surface area contributed by atoms with Gasteiger partial charge in [-0.05, 0) is 26.0 Å². The second kappa shape index (κ2) is 7.47. The summed E-state index contributed by atoms with van der Waals surface area (Å²) in [5, 5.41) is 10.9. The minimum absolute atomic E-state index is 0.174. The smallest absolute Gasteiger partial charge is 0.322 e. The molecule has 0 bridgehead atoms. The van der Waals surface area contributed by atoms with Gasteiger partial charge in [0, 0.05) is 18.3 Å². The van der Waals surface area contributed by atoms with Gasteiger partial charge < -0.3 is 15.3 Å². The Bertz CT molecular complexity index is 531. The molecule has 0 saturated heterocycles. The Labute approximate surface area is 131 Å². The molecule has 0 fully saturated rings. The number of carbonyl (C=O) groups excluding carboxylic acids is 1. The summed E-state index contributed by atoms with van der Waals surface area (Å²) in [5.74, 6) is -1.76. The highest BCUT2D eigenvalue weighted by molar-refractivity contribution is 6.35. The van der Waals surface area contributed by atoms with Crippen LogP contribution in [-0.4, -0.2) is 34.6 Å². The van der Waals surface area contributed by atoms with E-state index in [1.54, 1.807) is 13.8 Å². The predicted molar refractivity (Wildman–Crippen MR) is 79.5 cm³/mol. The summed E-state index contributed by atoms with van der Waals surface area (Å²) in [4.78, 5) is 24.2. The molecule has 0 spiro atoms. The van der Waals surface area contributed by atoms with Crippen LogP contribution >= 0.6 is 23.2 Å². The fourth-order valence-corrected chi connectivity index (χ4v) is 2.33. The Morgan fingerprint density at radius 1 is 1.38 bits per heavy atom. The van der Waals surface area contributed by atoms with Crippen LogP contribution in [0.2, 0.25) is 10.0 Å². The molecule has 0 aromatic heterocycles. The molecule has 5 nitrogen and oxygen atoms in total. The lowest BCUT2D eigenvalue weighted by Gasteiger charge is -2.27. The van der Waals surface area contributed by atoms with E-state index in [4.69, 9.17) is 28.3 Å². The standard InChI is InChI=1S/C13H15Cl2FN2O3/c1-3-18(7(2)4-11(19)20)13(21)17-8-5-9(14)12(16)10(15)6-8/h5-7H,3-4H2,1-2H3,(H,17,21)(H,19,20). The highest BCUT2D eigenvalue weighted by atomic mass is 35.5. The Hall–Kier alpha value is -1.53. The van der Waals surface area contributed by atoms with Crippen LogP contribution in [-0.2, 0) is 4.79 Å². The lowest BCUT2D eigenvalue weighted by Crippen LogP contribution is -2.42. The first-order valence-corrected chi connectivity index (χ1v) is 6.95. The average Bonchev–Trinajstić information content (AvgIpc) is 2.35. The quantitative estimate of drug-likeness (QED) is 0.802. The number of aliphatic carboxylic acids is 1. The van der Waals surface area contributed by atoms with Gasteiger partial charge in [-0.1, -0.05) is 23.2 Å². The van der Waals surface area contributed by atoms with E-state index in [0.29, 0.717) is 6.54 Å². The van der Waals surface area contributed by atoms with Crippen LogP contribution in [0.3, 0.4) is 0 Å². The first-order valence-electron chi connectivity index (χ1n) is 6.20. The highest BCUT2D eigenvalue weighted by Gasteiger charge is 2.21. The largest absolute Gasteiger partial charge is 0.481 e. The number of rotatable bonds is 5. The van der Waals surface area contributed by atoms with Gasteiger partial charge in [0.15, 0.2) is 5.82 Å². The van der Waals surface area contributed by atoms with Gasteiger partial charge in [-0.15, -0.1) is 0 Å². The maximum Gasteiger partial charge on any atom is 0.322 e. The summed E-state index contributed by atoms with van der Waals surface area (Å²) in [7, 11) is 0. The number of nitrogens with zero attached hydrogens (tertiary/aromatic N) is 1. The molecular weight excluding hydrogens is 322 g/mol. The first-order chi connectivity index (χ1) is 9.76. The van der Waals surface area contributed by atoms with Crippen molar-refractivity contribution in [3.8, 4) is 0 Å². The maximum absolute atomic E-state index is 13.3. The van der Waals surface area contributed by atoms with Crippen molar-refractivity contribution in [1.82, 2.24) is 4.90 Å². The minimum Gasteiger partial charge on any atom is -0.481 e. The number of carboxylic acids is 1. The van der Waals surface area contributed by atoms with Crippen molar-refractivity contribution in [3.63, 3.8) is 0 Å². The number of nitrogens with one attached hydrogen (secondary N) is 1. The summed E-state index contributed by atoms with van der Waals surface area (Å²) in [6.45, 7) is 3.67. The molecule has 1 atom stereocenters. The highest BCUT2D eigenvalue weighted by Crippen LogP contribution is 2.27. The minimum atomic E-state index is -0.998. The molecule has 0 aliphatic carbocycles. The van der Waals surface area contributed by atoms with E-state index in [2.05, 4.69) is 5.32 Å². The molecule has 116 valence electrons. The molecule has 1 unspecified atom stereocenters. The van der Waals surface area contributed by atoms with Gasteiger partial charge in [-0.25, -0.2) is 9.18 Å². The van der Waals surface area contributed by atoms with E-state index in [1.807, 2.05) is 0 Å². The van der Waals surface area contributed by atoms with Crippen LogP contribution < -0.4 is 5.32 Å². The molecule has 0 heterocycles. The molecular formula is C13H15Cl2FN2O3. The third-order valence-electron chi connectivity index (χ3n) is 2.84. The molecule has 21 heavy (non-hydrogen) atoms. The SMILES string of the molecule is CCN(C(=O)Nc1cc(Cl)c(F)c(Cl)c1)C(C)CC(=O)O. The second-order valence-corrected chi connectivity index (χ2v) is 5.23. The number of benzene rings is 1. The van der Waals surface area contributed by atoms with Crippen molar-refractivity contribution >= 4 is 40.9 Å². The Kier molecular flexibility index (Phi) is 6.23. The van der Waals surface area contributed by atoms with Crippen molar-refractivity contribution in [1.29, 1.82) is 0 Å². The van der Waals surface area contributed by atoms with E-state index < -0.39 is 23.9 Å². The average molecular weight is 337 g/mol. The number of carbonyl (C=O) groups is 2. The third-order valence-corrected chi connectivity index (χ3v) is 3.39. The number of hydrogen-bond acceptors (Lipinski definition) is 2. The lowest BCUT2D eigenvalue weighted by atomic mass is 10.2. The van der Waals surface area contributed by atoms with Crippen molar-refractivity contribution in [2.45, 2.75) is 26.3 Å². The molecule has 2 amide bonds. The van der Waals surface area contributed by atoms with Crippen LogP contribution in [0.25, 0.3) is 0 Å². The fourth-order valence-electron chi connectivity index (χ4n) is 1.84. The van der Waals surface area contributed by atoms with Crippen LogP contribution in [0, 0.1) is 5.82 Å². The van der Waals surface area contributed by atoms with Gasteiger partial charge in [0.25, 0.3) is 0 Å². The van der Waals surface area contributed by atoms with Gasteiger partial charge in [-0.3, -0.25) is 4.79 Å². The zero-order valence-electron chi connectivity index (χ0n) is 11.5. The number of halogens is 3. The number of amides is 2. The van der Waals surface area contributed by atoms with Crippen LogP contribution in [0.15, 0.2) is 12.1 Å². The van der Waals surface area contributed by atoms with Gasteiger partial charge in [-0.2, -0.15) is 0 Å². The number of hydrogen-bond donors (Lipinski definition) is 2. The molecule has 2 N–H and O–H groups in total. The van der Waals surface area contributed by atoms with E-state index in [-0.39, 0.29) is 22.2 Å². The molecule has 1 aromatic carbocycles. The Balaban J connectivity index is 2.85. The number of urea groups is 1. The molecule has 0 radical (unpaired) electrons. The van der Waals surface area contributed by atoms with Gasteiger partial charge >= 0.3 is 12.0 Å². The number of anilines is 1. The van der Waals surface area contributed by atoms with Crippen molar-refractivity contribution in [2.24, 2.45) is 0 Å². The molecule has 0 aliphatic heterocycles. The van der Waals surface area contributed by atoms with E-state index in [9.17, 15) is 14.0 Å².